The molecule has 0 radical (unpaired) electrons. The largest absolute Gasteiger partial charge is 0.490 e. The third kappa shape index (κ3) is 6.63. The highest BCUT2D eigenvalue weighted by Crippen LogP contribution is 2.32. The van der Waals surface area contributed by atoms with Gasteiger partial charge in [0.15, 0.2) is 0 Å². The van der Waals surface area contributed by atoms with Crippen LogP contribution in [0.15, 0.2) is 42.5 Å². The Hall–Kier alpha value is -2.49. The Morgan fingerprint density at radius 2 is 1.59 bits per heavy atom. The minimum absolute atomic E-state index is 0.0210. The van der Waals surface area contributed by atoms with Gasteiger partial charge in [-0.05, 0) is 53.1 Å². The van der Waals surface area contributed by atoms with Gasteiger partial charge in [-0.3, -0.25) is 4.79 Å². The summed E-state index contributed by atoms with van der Waals surface area (Å²) in [5, 5.41) is 8.73. The van der Waals surface area contributed by atoms with Crippen molar-refractivity contribution in [3.63, 3.8) is 0 Å². The predicted octanol–water partition coefficient (Wildman–Crippen LogP) is 5.02. The van der Waals surface area contributed by atoms with Crippen LogP contribution in [-0.2, 0) is 23.1 Å². The van der Waals surface area contributed by atoms with Crippen LogP contribution in [0.4, 0.5) is 0 Å². The molecule has 2 aromatic rings. The second kappa shape index (κ2) is 9.45. The van der Waals surface area contributed by atoms with Crippen LogP contribution in [0.1, 0.15) is 50.8 Å². The highest BCUT2D eigenvalue weighted by atomic mass is 16.5. The summed E-state index contributed by atoms with van der Waals surface area (Å²) in [7, 11) is 0. The van der Waals surface area contributed by atoms with Gasteiger partial charge >= 0.3 is 5.97 Å². The number of rotatable bonds is 9. The molecule has 4 nitrogen and oxygen atoms in total. The van der Waals surface area contributed by atoms with Gasteiger partial charge < -0.3 is 14.6 Å². The zero-order chi connectivity index (χ0) is 19.9. The zero-order valence-corrected chi connectivity index (χ0v) is 16.7. The molecule has 2 rings (SSSR count). The monoisotopic (exact) mass is 370 g/mol. The van der Waals surface area contributed by atoms with Gasteiger partial charge in [0.05, 0.1) is 0 Å². The quantitative estimate of drug-likeness (QED) is 0.630. The Morgan fingerprint density at radius 3 is 2.19 bits per heavy atom. The maximum atomic E-state index is 10.6. The SMILES string of the molecule is CCc1ccc(OCCOc2ccc(CCC(=O)O)cc2)c(C(C)(C)C)c1. The van der Waals surface area contributed by atoms with Gasteiger partial charge in [-0.1, -0.05) is 52.0 Å². The van der Waals surface area contributed by atoms with E-state index in [-0.39, 0.29) is 11.8 Å². The van der Waals surface area contributed by atoms with E-state index < -0.39 is 5.97 Å². The molecule has 0 aliphatic carbocycles. The number of hydrogen-bond acceptors (Lipinski definition) is 3. The number of carboxylic acid groups (broad SMARTS) is 1. The van der Waals surface area contributed by atoms with E-state index in [1.807, 2.05) is 24.3 Å². The summed E-state index contributed by atoms with van der Waals surface area (Å²) in [6.07, 6.45) is 1.68. The second-order valence-corrected chi connectivity index (χ2v) is 7.67. The molecule has 0 aliphatic heterocycles. The van der Waals surface area contributed by atoms with Crippen LogP contribution in [0, 0.1) is 0 Å². The number of aliphatic carboxylic acids is 1. The molecule has 4 heteroatoms. The molecule has 0 amide bonds. The Kier molecular flexibility index (Phi) is 7.28. The van der Waals surface area contributed by atoms with Crippen molar-refractivity contribution in [3.05, 3.63) is 59.2 Å². The molecular weight excluding hydrogens is 340 g/mol. The normalized spacial score (nSPS) is 11.3. The molecule has 0 saturated carbocycles. The number of carboxylic acids is 1. The fourth-order valence-corrected chi connectivity index (χ4v) is 2.82. The molecule has 0 atom stereocenters. The highest BCUT2D eigenvalue weighted by molar-refractivity contribution is 5.67. The Bertz CT molecular complexity index is 742. The van der Waals surface area contributed by atoms with Crippen LogP contribution in [0.25, 0.3) is 0 Å². The minimum atomic E-state index is -0.783. The summed E-state index contributed by atoms with van der Waals surface area (Å²) in [5.74, 6) is 0.886. The van der Waals surface area contributed by atoms with Crippen molar-refractivity contribution in [3.8, 4) is 11.5 Å². The topological polar surface area (TPSA) is 55.8 Å². The van der Waals surface area contributed by atoms with Crippen molar-refractivity contribution in [2.75, 3.05) is 13.2 Å². The van der Waals surface area contributed by atoms with Crippen molar-refractivity contribution < 1.29 is 19.4 Å². The lowest BCUT2D eigenvalue weighted by Crippen LogP contribution is -2.16. The summed E-state index contributed by atoms with van der Waals surface area (Å²) in [6, 6.07) is 13.9. The molecule has 0 bridgehead atoms. The first-order valence-electron chi connectivity index (χ1n) is 9.49. The highest BCUT2D eigenvalue weighted by Gasteiger charge is 2.19. The Balaban J connectivity index is 1.87. The lowest BCUT2D eigenvalue weighted by atomic mass is 9.85. The number of aryl methyl sites for hydroxylation is 2. The molecule has 146 valence electrons. The van der Waals surface area contributed by atoms with Crippen LogP contribution < -0.4 is 9.47 Å². The summed E-state index contributed by atoms with van der Waals surface area (Å²) >= 11 is 0. The summed E-state index contributed by atoms with van der Waals surface area (Å²) in [4.78, 5) is 10.6. The average molecular weight is 370 g/mol. The average Bonchev–Trinajstić information content (AvgIpc) is 2.63. The minimum Gasteiger partial charge on any atom is -0.490 e. The molecule has 0 unspecified atom stereocenters. The Labute approximate surface area is 162 Å². The van der Waals surface area contributed by atoms with E-state index in [0.717, 1.165) is 23.5 Å². The van der Waals surface area contributed by atoms with Crippen molar-refractivity contribution in [1.29, 1.82) is 0 Å². The fourth-order valence-electron chi connectivity index (χ4n) is 2.82. The molecule has 0 spiro atoms. The summed E-state index contributed by atoms with van der Waals surface area (Å²) in [5.41, 5.74) is 3.54. The van der Waals surface area contributed by atoms with Crippen LogP contribution in [0.3, 0.4) is 0 Å². The number of benzene rings is 2. The van der Waals surface area contributed by atoms with Crippen molar-refractivity contribution in [1.82, 2.24) is 0 Å². The number of ether oxygens (including phenoxy) is 2. The number of hydrogen-bond donors (Lipinski definition) is 1. The van der Waals surface area contributed by atoms with E-state index in [1.54, 1.807) is 0 Å². The second-order valence-electron chi connectivity index (χ2n) is 7.67. The zero-order valence-electron chi connectivity index (χ0n) is 16.7. The third-order valence-corrected chi connectivity index (χ3v) is 4.42. The lowest BCUT2D eigenvalue weighted by molar-refractivity contribution is -0.136. The van der Waals surface area contributed by atoms with Gasteiger partial charge in [-0.15, -0.1) is 0 Å². The molecule has 0 heterocycles. The van der Waals surface area contributed by atoms with Gasteiger partial charge in [0.1, 0.15) is 24.7 Å². The van der Waals surface area contributed by atoms with Crippen molar-refractivity contribution in [2.45, 2.75) is 52.4 Å². The van der Waals surface area contributed by atoms with Crippen LogP contribution in [0.2, 0.25) is 0 Å². The van der Waals surface area contributed by atoms with Crippen LogP contribution in [0.5, 0.6) is 11.5 Å². The molecule has 1 N–H and O–H groups in total. The molecule has 27 heavy (non-hydrogen) atoms. The van der Waals surface area contributed by atoms with Crippen LogP contribution >= 0.6 is 0 Å². The van der Waals surface area contributed by atoms with E-state index in [0.29, 0.717) is 19.6 Å². The smallest absolute Gasteiger partial charge is 0.303 e. The van der Waals surface area contributed by atoms with Crippen LogP contribution in [-0.4, -0.2) is 24.3 Å². The van der Waals surface area contributed by atoms with Crippen molar-refractivity contribution in [2.24, 2.45) is 0 Å². The van der Waals surface area contributed by atoms with Gasteiger partial charge in [0.25, 0.3) is 0 Å². The predicted molar refractivity (Wildman–Crippen MR) is 108 cm³/mol. The Morgan fingerprint density at radius 1 is 0.963 bits per heavy atom. The number of carbonyl (C=O) groups is 1. The summed E-state index contributed by atoms with van der Waals surface area (Å²) in [6.45, 7) is 9.65. The standard InChI is InChI=1S/C23H30O4/c1-5-17-8-12-21(20(16-17)23(2,3)4)27-15-14-26-19-10-6-18(7-11-19)9-13-22(24)25/h6-8,10-12,16H,5,9,13-15H2,1-4H3,(H,24,25). The first-order chi connectivity index (χ1) is 12.8. The first-order valence-corrected chi connectivity index (χ1v) is 9.49. The maximum absolute atomic E-state index is 10.6. The van der Waals surface area contributed by atoms with Gasteiger partial charge in [-0.25, -0.2) is 0 Å². The fraction of sp³-hybridized carbons (Fsp3) is 0.435. The molecule has 0 fully saturated rings. The van der Waals surface area contributed by atoms with Gasteiger partial charge in [0, 0.05) is 6.42 Å². The summed E-state index contributed by atoms with van der Waals surface area (Å²) < 4.78 is 11.7. The van der Waals surface area contributed by atoms with E-state index in [4.69, 9.17) is 14.6 Å². The third-order valence-electron chi connectivity index (χ3n) is 4.42. The van der Waals surface area contributed by atoms with Gasteiger partial charge in [0.2, 0.25) is 0 Å². The molecule has 0 aromatic heterocycles. The van der Waals surface area contributed by atoms with E-state index >= 15 is 0 Å². The van der Waals surface area contributed by atoms with Gasteiger partial charge in [-0.2, -0.15) is 0 Å². The molecule has 0 aliphatic rings. The molecule has 0 saturated heterocycles. The van der Waals surface area contributed by atoms with E-state index in [2.05, 4.69) is 45.9 Å². The maximum Gasteiger partial charge on any atom is 0.303 e. The van der Waals surface area contributed by atoms with Crippen molar-refractivity contribution >= 4 is 5.97 Å². The molecule has 2 aromatic carbocycles. The van der Waals surface area contributed by atoms with E-state index in [9.17, 15) is 4.79 Å². The molecular formula is C23H30O4. The van der Waals surface area contributed by atoms with E-state index in [1.165, 1.54) is 11.1 Å². The lowest BCUT2D eigenvalue weighted by Gasteiger charge is -2.23. The first kappa shape index (κ1) is 20.8.